The van der Waals surface area contributed by atoms with Gasteiger partial charge in [0.15, 0.2) is 5.82 Å². The SMILES string of the molecule is CCNc1nc(-c2cncn2C)nc(CC(C)C)c1I. The van der Waals surface area contributed by atoms with Crippen LogP contribution < -0.4 is 5.32 Å². The van der Waals surface area contributed by atoms with Crippen molar-refractivity contribution in [3.8, 4) is 11.5 Å². The van der Waals surface area contributed by atoms with Gasteiger partial charge in [-0.05, 0) is 41.9 Å². The number of nitrogens with zero attached hydrogens (tertiary/aromatic N) is 4. The first kappa shape index (κ1) is 15.2. The van der Waals surface area contributed by atoms with Crippen molar-refractivity contribution in [1.29, 1.82) is 0 Å². The molecule has 0 unspecified atom stereocenters. The van der Waals surface area contributed by atoms with Crippen molar-refractivity contribution in [3.05, 3.63) is 21.8 Å². The lowest BCUT2D eigenvalue weighted by molar-refractivity contribution is 0.632. The van der Waals surface area contributed by atoms with E-state index in [1.54, 1.807) is 12.5 Å². The topological polar surface area (TPSA) is 55.6 Å². The van der Waals surface area contributed by atoms with Crippen molar-refractivity contribution in [1.82, 2.24) is 19.5 Å². The van der Waals surface area contributed by atoms with E-state index in [-0.39, 0.29) is 0 Å². The van der Waals surface area contributed by atoms with Crippen LogP contribution in [-0.2, 0) is 13.5 Å². The Hall–Kier alpha value is -1.18. The van der Waals surface area contributed by atoms with Crippen LogP contribution in [0.2, 0.25) is 0 Å². The molecular formula is C14H20IN5. The lowest BCUT2D eigenvalue weighted by atomic mass is 10.1. The third kappa shape index (κ3) is 3.28. The van der Waals surface area contributed by atoms with Gasteiger partial charge in [-0.25, -0.2) is 15.0 Å². The summed E-state index contributed by atoms with van der Waals surface area (Å²) < 4.78 is 3.06. The molecule has 6 heteroatoms. The predicted octanol–water partition coefficient (Wildman–Crippen LogP) is 3.11. The lowest BCUT2D eigenvalue weighted by Crippen LogP contribution is -2.10. The van der Waals surface area contributed by atoms with E-state index in [1.165, 1.54) is 0 Å². The monoisotopic (exact) mass is 385 g/mol. The summed E-state index contributed by atoms with van der Waals surface area (Å²) in [6, 6.07) is 0. The van der Waals surface area contributed by atoms with Gasteiger partial charge in [-0.3, -0.25) is 0 Å². The van der Waals surface area contributed by atoms with Crippen LogP contribution in [0.3, 0.4) is 0 Å². The maximum atomic E-state index is 4.74. The van der Waals surface area contributed by atoms with Crippen LogP contribution in [-0.4, -0.2) is 26.1 Å². The quantitative estimate of drug-likeness (QED) is 0.804. The zero-order valence-corrected chi connectivity index (χ0v) is 14.5. The highest BCUT2D eigenvalue weighted by molar-refractivity contribution is 14.1. The number of aryl methyl sites for hydroxylation is 1. The zero-order valence-electron chi connectivity index (χ0n) is 12.3. The van der Waals surface area contributed by atoms with E-state index in [9.17, 15) is 0 Å². The molecule has 20 heavy (non-hydrogen) atoms. The molecule has 0 fully saturated rings. The zero-order chi connectivity index (χ0) is 14.7. The van der Waals surface area contributed by atoms with Crippen molar-refractivity contribution in [3.63, 3.8) is 0 Å². The van der Waals surface area contributed by atoms with E-state index in [0.29, 0.717) is 5.92 Å². The molecular weight excluding hydrogens is 365 g/mol. The molecule has 0 atom stereocenters. The second kappa shape index (κ2) is 6.51. The van der Waals surface area contributed by atoms with Crippen molar-refractivity contribution < 1.29 is 0 Å². The predicted molar refractivity (Wildman–Crippen MR) is 89.7 cm³/mol. The Morgan fingerprint density at radius 1 is 1.35 bits per heavy atom. The summed E-state index contributed by atoms with van der Waals surface area (Å²) in [5.41, 5.74) is 2.04. The number of anilines is 1. The van der Waals surface area contributed by atoms with E-state index in [1.807, 2.05) is 11.6 Å². The van der Waals surface area contributed by atoms with E-state index >= 15 is 0 Å². The first-order valence-electron chi connectivity index (χ1n) is 6.79. The number of hydrogen-bond acceptors (Lipinski definition) is 4. The number of rotatable bonds is 5. The molecule has 2 heterocycles. The minimum Gasteiger partial charge on any atom is -0.369 e. The summed E-state index contributed by atoms with van der Waals surface area (Å²) in [7, 11) is 1.96. The Kier molecular flexibility index (Phi) is 4.95. The Balaban J connectivity index is 2.52. The maximum Gasteiger partial charge on any atom is 0.180 e. The van der Waals surface area contributed by atoms with E-state index in [2.05, 4.69) is 58.6 Å². The van der Waals surface area contributed by atoms with Crippen molar-refractivity contribution >= 4 is 28.4 Å². The minimum atomic E-state index is 0.562. The molecule has 0 saturated carbocycles. The van der Waals surface area contributed by atoms with Gasteiger partial charge < -0.3 is 9.88 Å². The summed E-state index contributed by atoms with van der Waals surface area (Å²) in [6.07, 6.45) is 4.52. The van der Waals surface area contributed by atoms with Crippen LogP contribution in [0.5, 0.6) is 0 Å². The fourth-order valence-corrected chi connectivity index (χ4v) is 2.64. The van der Waals surface area contributed by atoms with E-state index in [0.717, 1.165) is 39.6 Å². The third-order valence-electron chi connectivity index (χ3n) is 2.91. The molecule has 0 aliphatic heterocycles. The van der Waals surface area contributed by atoms with Gasteiger partial charge in [0.2, 0.25) is 0 Å². The van der Waals surface area contributed by atoms with Gasteiger partial charge in [-0.2, -0.15) is 0 Å². The third-order valence-corrected chi connectivity index (χ3v) is 4.04. The van der Waals surface area contributed by atoms with E-state index in [4.69, 9.17) is 4.98 Å². The second-order valence-corrected chi connectivity index (χ2v) is 6.25. The highest BCUT2D eigenvalue weighted by atomic mass is 127. The Morgan fingerprint density at radius 2 is 2.10 bits per heavy atom. The van der Waals surface area contributed by atoms with Crippen molar-refractivity contribution in [2.75, 3.05) is 11.9 Å². The normalized spacial score (nSPS) is 11.1. The number of imidazole rings is 1. The fourth-order valence-electron chi connectivity index (χ4n) is 1.99. The number of halogens is 1. The largest absolute Gasteiger partial charge is 0.369 e. The van der Waals surface area contributed by atoms with Crippen LogP contribution in [0.4, 0.5) is 5.82 Å². The molecule has 0 amide bonds. The summed E-state index contributed by atoms with van der Waals surface area (Å²) in [4.78, 5) is 13.5. The van der Waals surface area contributed by atoms with Crippen LogP contribution in [0, 0.1) is 9.49 Å². The first-order chi connectivity index (χ1) is 9.52. The van der Waals surface area contributed by atoms with Crippen LogP contribution in [0.15, 0.2) is 12.5 Å². The number of aromatic nitrogens is 4. The fraction of sp³-hybridized carbons (Fsp3) is 0.500. The Morgan fingerprint density at radius 3 is 2.65 bits per heavy atom. The van der Waals surface area contributed by atoms with Crippen LogP contribution in [0.1, 0.15) is 26.5 Å². The average Bonchev–Trinajstić information content (AvgIpc) is 2.80. The molecule has 5 nitrogen and oxygen atoms in total. The molecule has 2 aromatic rings. The molecule has 0 saturated heterocycles. The van der Waals surface area contributed by atoms with Crippen LogP contribution >= 0.6 is 22.6 Å². The minimum absolute atomic E-state index is 0.562. The summed E-state index contributed by atoms with van der Waals surface area (Å²) in [5.74, 6) is 2.21. The number of hydrogen-bond donors (Lipinski definition) is 1. The molecule has 0 aromatic carbocycles. The van der Waals surface area contributed by atoms with Crippen molar-refractivity contribution in [2.24, 2.45) is 13.0 Å². The summed E-state index contributed by atoms with van der Waals surface area (Å²) in [5, 5.41) is 3.32. The van der Waals surface area contributed by atoms with Crippen molar-refractivity contribution in [2.45, 2.75) is 27.2 Å². The molecule has 0 aliphatic rings. The Labute approximate surface area is 133 Å². The van der Waals surface area contributed by atoms with E-state index < -0.39 is 0 Å². The van der Waals surface area contributed by atoms with Gasteiger partial charge >= 0.3 is 0 Å². The smallest absolute Gasteiger partial charge is 0.180 e. The standard InChI is InChI=1S/C14H20IN5/c1-5-17-14-12(15)10(6-9(2)3)18-13(19-14)11-7-16-8-20(11)4/h7-9H,5-6H2,1-4H3,(H,17,18,19). The molecule has 2 aromatic heterocycles. The molecule has 2 rings (SSSR count). The molecule has 0 radical (unpaired) electrons. The lowest BCUT2D eigenvalue weighted by Gasteiger charge is -2.13. The van der Waals surface area contributed by atoms with Gasteiger partial charge in [0.05, 0.1) is 21.8 Å². The van der Waals surface area contributed by atoms with Crippen LogP contribution in [0.25, 0.3) is 11.5 Å². The van der Waals surface area contributed by atoms with Gasteiger partial charge in [-0.15, -0.1) is 0 Å². The molecule has 0 aliphatic carbocycles. The molecule has 1 N–H and O–H groups in total. The van der Waals surface area contributed by atoms with Gasteiger partial charge in [0.25, 0.3) is 0 Å². The van der Waals surface area contributed by atoms with Gasteiger partial charge in [0, 0.05) is 13.6 Å². The Bertz CT molecular complexity index is 591. The second-order valence-electron chi connectivity index (χ2n) is 5.17. The molecule has 0 spiro atoms. The highest BCUT2D eigenvalue weighted by Crippen LogP contribution is 2.25. The van der Waals surface area contributed by atoms with Gasteiger partial charge in [-0.1, -0.05) is 13.8 Å². The van der Waals surface area contributed by atoms with Gasteiger partial charge in [0.1, 0.15) is 11.5 Å². The average molecular weight is 385 g/mol. The number of nitrogens with one attached hydrogen (secondary N) is 1. The highest BCUT2D eigenvalue weighted by Gasteiger charge is 2.15. The maximum absolute atomic E-state index is 4.74. The molecule has 108 valence electrons. The molecule has 0 bridgehead atoms. The summed E-state index contributed by atoms with van der Waals surface area (Å²) >= 11 is 2.33. The first-order valence-corrected chi connectivity index (χ1v) is 7.87. The summed E-state index contributed by atoms with van der Waals surface area (Å²) in [6.45, 7) is 7.33.